The maximum absolute atomic E-state index is 5.33. The van der Waals surface area contributed by atoms with E-state index in [2.05, 4.69) is 45.4 Å². The Balaban J connectivity index is 2.70. The molecule has 0 saturated carbocycles. The highest BCUT2D eigenvalue weighted by Crippen LogP contribution is 2.22. The fourth-order valence-electron chi connectivity index (χ4n) is 1.53. The Kier molecular flexibility index (Phi) is 5.98. The Labute approximate surface area is 117 Å². The Bertz CT molecular complexity index is 419. The van der Waals surface area contributed by atoms with Crippen LogP contribution in [0.3, 0.4) is 0 Å². The monoisotopic (exact) mass is 313 g/mol. The summed E-state index contributed by atoms with van der Waals surface area (Å²) in [4.78, 5) is 4.16. The molecule has 18 heavy (non-hydrogen) atoms. The van der Waals surface area contributed by atoms with Gasteiger partial charge in [0, 0.05) is 29.7 Å². The molecule has 0 fully saturated rings. The van der Waals surface area contributed by atoms with Crippen LogP contribution in [-0.4, -0.2) is 26.2 Å². The van der Waals surface area contributed by atoms with Crippen molar-refractivity contribution in [3.05, 3.63) is 28.2 Å². The SMILES string of the molecule is CN=C(NCc1cc(Br)ccc1OC)NC(C)C. The molecule has 0 heterocycles. The van der Waals surface area contributed by atoms with Crippen LogP contribution in [0.2, 0.25) is 0 Å². The summed E-state index contributed by atoms with van der Waals surface area (Å²) in [6.45, 7) is 4.81. The molecule has 2 N–H and O–H groups in total. The number of rotatable bonds is 4. The summed E-state index contributed by atoms with van der Waals surface area (Å²) >= 11 is 3.46. The average molecular weight is 314 g/mol. The first-order valence-electron chi connectivity index (χ1n) is 5.86. The van der Waals surface area contributed by atoms with Crippen molar-refractivity contribution in [3.8, 4) is 5.75 Å². The van der Waals surface area contributed by atoms with Gasteiger partial charge in [0.05, 0.1) is 7.11 Å². The summed E-state index contributed by atoms with van der Waals surface area (Å²) in [5, 5.41) is 6.50. The smallest absolute Gasteiger partial charge is 0.191 e. The molecule has 0 amide bonds. The molecular weight excluding hydrogens is 294 g/mol. The molecule has 0 aliphatic rings. The van der Waals surface area contributed by atoms with Gasteiger partial charge in [0.2, 0.25) is 0 Å². The van der Waals surface area contributed by atoms with Crippen LogP contribution in [0.1, 0.15) is 19.4 Å². The molecule has 1 rings (SSSR count). The number of guanidine groups is 1. The van der Waals surface area contributed by atoms with Crippen LogP contribution >= 0.6 is 15.9 Å². The fraction of sp³-hybridized carbons (Fsp3) is 0.462. The minimum absolute atomic E-state index is 0.348. The zero-order valence-corrected chi connectivity index (χ0v) is 12.8. The van der Waals surface area contributed by atoms with Gasteiger partial charge in [0.15, 0.2) is 5.96 Å². The van der Waals surface area contributed by atoms with E-state index in [0.29, 0.717) is 12.6 Å². The second-order valence-electron chi connectivity index (χ2n) is 4.18. The van der Waals surface area contributed by atoms with Crippen molar-refractivity contribution in [1.29, 1.82) is 0 Å². The van der Waals surface area contributed by atoms with E-state index in [0.717, 1.165) is 21.7 Å². The molecule has 0 saturated heterocycles. The molecule has 0 spiro atoms. The summed E-state index contributed by atoms with van der Waals surface area (Å²) in [6.07, 6.45) is 0. The lowest BCUT2D eigenvalue weighted by Gasteiger charge is -2.15. The van der Waals surface area contributed by atoms with Gasteiger partial charge in [-0.15, -0.1) is 0 Å². The highest BCUT2D eigenvalue weighted by Gasteiger charge is 2.05. The number of hydrogen-bond donors (Lipinski definition) is 2. The van der Waals surface area contributed by atoms with Crippen molar-refractivity contribution in [2.45, 2.75) is 26.4 Å². The van der Waals surface area contributed by atoms with E-state index in [1.54, 1.807) is 14.2 Å². The summed E-state index contributed by atoms with van der Waals surface area (Å²) in [7, 11) is 3.43. The Hall–Kier alpha value is -1.23. The average Bonchev–Trinajstić information content (AvgIpc) is 2.34. The Morgan fingerprint density at radius 1 is 1.44 bits per heavy atom. The number of benzene rings is 1. The predicted molar refractivity (Wildman–Crippen MR) is 79.2 cm³/mol. The minimum atomic E-state index is 0.348. The number of aliphatic imine (C=N–C) groups is 1. The molecular formula is C13H20BrN3O. The predicted octanol–water partition coefficient (Wildman–Crippen LogP) is 2.53. The normalized spacial score (nSPS) is 11.6. The molecule has 0 unspecified atom stereocenters. The van der Waals surface area contributed by atoms with Crippen LogP contribution in [0.25, 0.3) is 0 Å². The summed E-state index contributed by atoms with van der Waals surface area (Å²) in [5.41, 5.74) is 1.08. The highest BCUT2D eigenvalue weighted by molar-refractivity contribution is 9.10. The van der Waals surface area contributed by atoms with E-state index in [-0.39, 0.29) is 0 Å². The molecule has 1 aromatic carbocycles. The van der Waals surface area contributed by atoms with E-state index < -0.39 is 0 Å². The van der Waals surface area contributed by atoms with Crippen LogP contribution in [0, 0.1) is 0 Å². The largest absolute Gasteiger partial charge is 0.496 e. The number of nitrogens with one attached hydrogen (secondary N) is 2. The quantitative estimate of drug-likeness (QED) is 0.663. The molecule has 100 valence electrons. The van der Waals surface area contributed by atoms with Crippen LogP contribution in [0.15, 0.2) is 27.7 Å². The van der Waals surface area contributed by atoms with Crippen molar-refractivity contribution in [2.75, 3.05) is 14.2 Å². The molecule has 0 aliphatic heterocycles. The van der Waals surface area contributed by atoms with E-state index in [1.807, 2.05) is 18.2 Å². The van der Waals surface area contributed by atoms with Gasteiger partial charge in [-0.3, -0.25) is 4.99 Å². The maximum Gasteiger partial charge on any atom is 0.191 e. The Morgan fingerprint density at radius 3 is 2.72 bits per heavy atom. The standard InChI is InChI=1S/C13H20BrN3O/c1-9(2)17-13(15-3)16-8-10-7-11(14)5-6-12(10)18-4/h5-7,9H,8H2,1-4H3,(H2,15,16,17). The summed E-state index contributed by atoms with van der Waals surface area (Å²) in [5.74, 6) is 1.65. The number of nitrogens with zero attached hydrogens (tertiary/aromatic N) is 1. The molecule has 0 radical (unpaired) electrons. The summed E-state index contributed by atoms with van der Waals surface area (Å²) in [6, 6.07) is 6.29. The van der Waals surface area contributed by atoms with Gasteiger partial charge in [0.25, 0.3) is 0 Å². The van der Waals surface area contributed by atoms with Gasteiger partial charge in [-0.05, 0) is 32.0 Å². The maximum atomic E-state index is 5.33. The molecule has 0 aliphatic carbocycles. The van der Waals surface area contributed by atoms with Crippen molar-refractivity contribution < 1.29 is 4.74 Å². The van der Waals surface area contributed by atoms with Crippen LogP contribution in [0.4, 0.5) is 0 Å². The van der Waals surface area contributed by atoms with Gasteiger partial charge in [-0.1, -0.05) is 15.9 Å². The van der Waals surface area contributed by atoms with E-state index in [1.165, 1.54) is 0 Å². The zero-order chi connectivity index (χ0) is 13.5. The van der Waals surface area contributed by atoms with E-state index in [9.17, 15) is 0 Å². The number of ether oxygens (including phenoxy) is 1. The lowest BCUT2D eigenvalue weighted by atomic mass is 10.2. The second kappa shape index (κ2) is 7.26. The van der Waals surface area contributed by atoms with Gasteiger partial charge in [-0.2, -0.15) is 0 Å². The Morgan fingerprint density at radius 2 is 2.17 bits per heavy atom. The molecule has 1 aromatic rings. The molecule has 0 aromatic heterocycles. The van der Waals surface area contributed by atoms with E-state index in [4.69, 9.17) is 4.74 Å². The van der Waals surface area contributed by atoms with Crippen molar-refractivity contribution in [1.82, 2.24) is 10.6 Å². The first kappa shape index (κ1) is 14.8. The molecule has 4 nitrogen and oxygen atoms in total. The third-order valence-electron chi connectivity index (χ3n) is 2.34. The highest BCUT2D eigenvalue weighted by atomic mass is 79.9. The first-order valence-corrected chi connectivity index (χ1v) is 6.65. The topological polar surface area (TPSA) is 45.7 Å². The lowest BCUT2D eigenvalue weighted by molar-refractivity contribution is 0.409. The van der Waals surface area contributed by atoms with Gasteiger partial charge in [-0.25, -0.2) is 0 Å². The first-order chi connectivity index (χ1) is 8.56. The third-order valence-corrected chi connectivity index (χ3v) is 2.83. The van der Waals surface area contributed by atoms with Crippen LogP contribution in [-0.2, 0) is 6.54 Å². The van der Waals surface area contributed by atoms with Gasteiger partial charge >= 0.3 is 0 Å². The fourth-order valence-corrected chi connectivity index (χ4v) is 1.94. The van der Waals surface area contributed by atoms with Crippen molar-refractivity contribution >= 4 is 21.9 Å². The number of methoxy groups -OCH3 is 1. The molecule has 0 bridgehead atoms. The third kappa shape index (κ3) is 4.56. The number of hydrogen-bond acceptors (Lipinski definition) is 2. The van der Waals surface area contributed by atoms with Gasteiger partial charge in [0.1, 0.15) is 5.75 Å². The van der Waals surface area contributed by atoms with Crippen molar-refractivity contribution in [3.63, 3.8) is 0 Å². The minimum Gasteiger partial charge on any atom is -0.496 e. The van der Waals surface area contributed by atoms with Crippen LogP contribution in [0.5, 0.6) is 5.75 Å². The van der Waals surface area contributed by atoms with E-state index >= 15 is 0 Å². The molecule has 0 atom stereocenters. The summed E-state index contributed by atoms with van der Waals surface area (Å²) < 4.78 is 6.36. The van der Waals surface area contributed by atoms with Crippen LogP contribution < -0.4 is 15.4 Å². The lowest BCUT2D eigenvalue weighted by Crippen LogP contribution is -2.40. The van der Waals surface area contributed by atoms with Gasteiger partial charge < -0.3 is 15.4 Å². The molecule has 5 heteroatoms. The number of halogens is 1. The second-order valence-corrected chi connectivity index (χ2v) is 5.10. The van der Waals surface area contributed by atoms with Crippen molar-refractivity contribution in [2.24, 2.45) is 4.99 Å². The zero-order valence-electron chi connectivity index (χ0n) is 11.2.